The number of carbonyl (C=O) groups excluding carboxylic acids is 2. The third kappa shape index (κ3) is 2.48. The van der Waals surface area contributed by atoms with Crippen LogP contribution in [0.1, 0.15) is 11.6 Å². The summed E-state index contributed by atoms with van der Waals surface area (Å²) in [6, 6.07) is 13.3. The summed E-state index contributed by atoms with van der Waals surface area (Å²) in [5.41, 5.74) is 7.09. The summed E-state index contributed by atoms with van der Waals surface area (Å²) in [6.45, 7) is 0.337. The van der Waals surface area contributed by atoms with Gasteiger partial charge in [0.15, 0.2) is 0 Å². The van der Waals surface area contributed by atoms with Crippen molar-refractivity contribution in [3.63, 3.8) is 0 Å². The third-order valence-corrected chi connectivity index (χ3v) is 3.81. The Labute approximate surface area is 122 Å². The number of imide groups is 1. The van der Waals surface area contributed by atoms with Gasteiger partial charge in [0.1, 0.15) is 6.54 Å². The first kappa shape index (κ1) is 13.6. The number of benzene rings is 2. The fourth-order valence-electron chi connectivity index (χ4n) is 2.59. The molecular weight excluding hydrogens is 266 g/mol. The summed E-state index contributed by atoms with van der Waals surface area (Å²) in [5.74, 6) is -0.196. The lowest BCUT2D eigenvalue weighted by Crippen LogP contribution is -2.37. The van der Waals surface area contributed by atoms with E-state index in [1.807, 2.05) is 42.5 Å². The molecule has 1 saturated heterocycles. The van der Waals surface area contributed by atoms with Crippen LogP contribution in [-0.4, -0.2) is 41.9 Å². The Morgan fingerprint density at radius 2 is 1.86 bits per heavy atom. The van der Waals surface area contributed by atoms with Crippen molar-refractivity contribution in [3.8, 4) is 0 Å². The van der Waals surface area contributed by atoms with Gasteiger partial charge in [-0.2, -0.15) is 0 Å². The van der Waals surface area contributed by atoms with Crippen LogP contribution in [0.15, 0.2) is 42.5 Å². The lowest BCUT2D eigenvalue weighted by molar-refractivity contribution is -0.125. The third-order valence-electron chi connectivity index (χ3n) is 3.81. The van der Waals surface area contributed by atoms with Gasteiger partial charge in [-0.1, -0.05) is 36.4 Å². The number of likely N-dealkylation sites (N-methyl/N-ethyl adjacent to an activating group) is 1. The van der Waals surface area contributed by atoms with Gasteiger partial charge >= 0.3 is 6.03 Å². The molecule has 2 aromatic rings. The molecule has 1 fully saturated rings. The quantitative estimate of drug-likeness (QED) is 0.872. The van der Waals surface area contributed by atoms with Gasteiger partial charge in [0.2, 0.25) is 5.91 Å². The highest BCUT2D eigenvalue weighted by Crippen LogP contribution is 2.21. The summed E-state index contributed by atoms with van der Waals surface area (Å²) in [7, 11) is 1.61. The lowest BCUT2D eigenvalue weighted by atomic mass is 10.0. The van der Waals surface area contributed by atoms with Crippen LogP contribution >= 0.6 is 0 Å². The minimum absolute atomic E-state index is 0.128. The second-order valence-electron chi connectivity index (χ2n) is 5.36. The van der Waals surface area contributed by atoms with E-state index in [0.29, 0.717) is 0 Å². The largest absolute Gasteiger partial charge is 0.327 e. The number of nitrogens with two attached hydrogens (primary N) is 1. The van der Waals surface area contributed by atoms with Crippen LogP contribution in [0.5, 0.6) is 0 Å². The van der Waals surface area contributed by atoms with Crippen LogP contribution < -0.4 is 5.73 Å². The number of hydrogen-bond donors (Lipinski definition) is 1. The Morgan fingerprint density at radius 1 is 1.14 bits per heavy atom. The number of urea groups is 1. The van der Waals surface area contributed by atoms with Gasteiger partial charge in [0.05, 0.1) is 0 Å². The van der Waals surface area contributed by atoms with Gasteiger partial charge < -0.3 is 10.6 Å². The van der Waals surface area contributed by atoms with Crippen molar-refractivity contribution in [1.82, 2.24) is 9.80 Å². The van der Waals surface area contributed by atoms with Crippen molar-refractivity contribution in [2.45, 2.75) is 6.04 Å². The molecule has 3 amide bonds. The Kier molecular flexibility index (Phi) is 3.35. The topological polar surface area (TPSA) is 66.6 Å². The van der Waals surface area contributed by atoms with Crippen molar-refractivity contribution < 1.29 is 9.59 Å². The Morgan fingerprint density at radius 3 is 2.52 bits per heavy atom. The molecule has 0 aliphatic carbocycles. The molecule has 5 nitrogen and oxygen atoms in total. The molecule has 1 aliphatic rings. The molecule has 1 atom stereocenters. The summed E-state index contributed by atoms with van der Waals surface area (Å²) in [5, 5.41) is 2.24. The molecular formula is C16H17N3O2. The van der Waals surface area contributed by atoms with Crippen molar-refractivity contribution in [1.29, 1.82) is 0 Å². The van der Waals surface area contributed by atoms with E-state index in [4.69, 9.17) is 5.73 Å². The van der Waals surface area contributed by atoms with Crippen LogP contribution in [0.2, 0.25) is 0 Å². The van der Waals surface area contributed by atoms with Crippen molar-refractivity contribution in [3.05, 3.63) is 48.0 Å². The zero-order chi connectivity index (χ0) is 15.0. The van der Waals surface area contributed by atoms with Gasteiger partial charge in [-0.25, -0.2) is 4.79 Å². The fourth-order valence-corrected chi connectivity index (χ4v) is 2.59. The van der Waals surface area contributed by atoms with E-state index in [-0.39, 0.29) is 31.1 Å². The normalized spacial score (nSPS) is 16.9. The van der Waals surface area contributed by atoms with Gasteiger partial charge in [-0.15, -0.1) is 0 Å². The molecule has 2 N–H and O–H groups in total. The first-order valence-electron chi connectivity index (χ1n) is 6.86. The number of hydrogen-bond acceptors (Lipinski definition) is 3. The predicted octanol–water partition coefficient (Wildman–Crippen LogP) is 1.73. The van der Waals surface area contributed by atoms with Gasteiger partial charge in [-0.05, 0) is 22.4 Å². The maximum atomic E-state index is 11.9. The van der Waals surface area contributed by atoms with Crippen LogP contribution in [0.4, 0.5) is 4.79 Å². The molecule has 0 aromatic heterocycles. The molecule has 5 heteroatoms. The van der Waals surface area contributed by atoms with E-state index in [1.165, 1.54) is 9.80 Å². The van der Waals surface area contributed by atoms with Crippen LogP contribution in [0.25, 0.3) is 10.8 Å². The zero-order valence-electron chi connectivity index (χ0n) is 11.8. The van der Waals surface area contributed by atoms with E-state index in [0.717, 1.165) is 16.3 Å². The summed E-state index contributed by atoms with van der Waals surface area (Å²) < 4.78 is 0. The number of carbonyl (C=O) groups is 2. The standard InChI is InChI=1S/C16H17N3O2/c1-18-10-15(20)19(16(18)21)9-14(17)13-7-6-11-4-2-3-5-12(11)8-13/h2-8,14H,9-10,17H2,1H3. The van der Waals surface area contributed by atoms with Gasteiger partial charge in [0, 0.05) is 19.6 Å². The minimum atomic E-state index is -0.381. The summed E-state index contributed by atoms with van der Waals surface area (Å²) in [4.78, 5) is 26.3. The maximum Gasteiger partial charge on any atom is 0.327 e. The van der Waals surface area contributed by atoms with Crippen molar-refractivity contribution >= 4 is 22.7 Å². The van der Waals surface area contributed by atoms with Crippen molar-refractivity contribution in [2.75, 3.05) is 20.1 Å². The van der Waals surface area contributed by atoms with Crippen molar-refractivity contribution in [2.24, 2.45) is 5.73 Å². The first-order chi connectivity index (χ1) is 10.1. The molecule has 0 radical (unpaired) electrons. The molecule has 2 aromatic carbocycles. The number of fused-ring (bicyclic) bond motifs is 1. The molecule has 3 rings (SSSR count). The predicted molar refractivity (Wildman–Crippen MR) is 80.6 cm³/mol. The molecule has 1 aliphatic heterocycles. The van der Waals surface area contributed by atoms with E-state index in [1.54, 1.807) is 7.05 Å². The second-order valence-corrected chi connectivity index (χ2v) is 5.36. The number of amides is 3. The molecule has 1 heterocycles. The molecule has 1 unspecified atom stereocenters. The van der Waals surface area contributed by atoms with Crippen LogP contribution in [0, 0.1) is 0 Å². The van der Waals surface area contributed by atoms with Crippen LogP contribution in [0.3, 0.4) is 0 Å². The second kappa shape index (κ2) is 5.18. The van der Waals surface area contributed by atoms with Crippen LogP contribution in [-0.2, 0) is 4.79 Å². The zero-order valence-corrected chi connectivity index (χ0v) is 11.8. The number of rotatable bonds is 3. The molecule has 0 spiro atoms. The minimum Gasteiger partial charge on any atom is -0.322 e. The van der Waals surface area contributed by atoms with E-state index in [9.17, 15) is 9.59 Å². The Hall–Kier alpha value is -2.40. The average Bonchev–Trinajstić information content (AvgIpc) is 2.73. The summed E-state index contributed by atoms with van der Waals surface area (Å²) >= 11 is 0. The highest BCUT2D eigenvalue weighted by Gasteiger charge is 2.34. The molecule has 21 heavy (non-hydrogen) atoms. The summed E-state index contributed by atoms with van der Waals surface area (Å²) in [6.07, 6.45) is 0. The van der Waals surface area contributed by atoms with E-state index in [2.05, 4.69) is 0 Å². The maximum absolute atomic E-state index is 11.9. The van der Waals surface area contributed by atoms with Gasteiger partial charge in [0.25, 0.3) is 0 Å². The number of nitrogens with zero attached hydrogens (tertiary/aromatic N) is 2. The Balaban J connectivity index is 1.82. The SMILES string of the molecule is CN1CC(=O)N(CC(N)c2ccc3ccccc3c2)C1=O. The highest BCUT2D eigenvalue weighted by molar-refractivity contribution is 6.01. The van der Waals surface area contributed by atoms with E-state index < -0.39 is 0 Å². The molecule has 108 valence electrons. The smallest absolute Gasteiger partial charge is 0.322 e. The molecule has 0 bridgehead atoms. The fraction of sp³-hybridized carbons (Fsp3) is 0.250. The monoisotopic (exact) mass is 283 g/mol. The average molecular weight is 283 g/mol. The highest BCUT2D eigenvalue weighted by atomic mass is 16.2. The first-order valence-corrected chi connectivity index (χ1v) is 6.86. The molecule has 0 saturated carbocycles. The van der Waals surface area contributed by atoms with E-state index >= 15 is 0 Å². The van der Waals surface area contributed by atoms with Gasteiger partial charge in [-0.3, -0.25) is 9.69 Å². The lowest BCUT2D eigenvalue weighted by Gasteiger charge is -2.19. The Bertz CT molecular complexity index is 713.